The lowest BCUT2D eigenvalue weighted by Gasteiger charge is -2.18. The zero-order valence-corrected chi connectivity index (χ0v) is 13.9. The van der Waals surface area contributed by atoms with Crippen molar-refractivity contribution in [3.05, 3.63) is 33.8 Å². The molecule has 114 valence electrons. The van der Waals surface area contributed by atoms with Crippen LogP contribution in [0.5, 0.6) is 0 Å². The van der Waals surface area contributed by atoms with Gasteiger partial charge in [-0.1, -0.05) is 43.1 Å². The number of rotatable bonds is 8. The summed E-state index contributed by atoms with van der Waals surface area (Å²) in [4.78, 5) is 0. The Hall–Kier alpha value is -0.330. The summed E-state index contributed by atoms with van der Waals surface area (Å²) in [6.45, 7) is 4.58. The molecule has 1 atom stereocenters. The molecule has 0 aliphatic rings. The maximum Gasteiger partial charge on any atom is 0.212 e. The first-order chi connectivity index (χ1) is 9.39. The molecule has 0 fully saturated rings. The van der Waals surface area contributed by atoms with Crippen molar-refractivity contribution in [3.63, 3.8) is 0 Å². The third-order valence-corrected chi connectivity index (χ3v) is 5.09. The Balaban J connectivity index is 2.62. The van der Waals surface area contributed by atoms with Gasteiger partial charge in [0.05, 0.1) is 15.8 Å². The van der Waals surface area contributed by atoms with Gasteiger partial charge in [-0.25, -0.2) is 13.1 Å². The third-order valence-electron chi connectivity index (χ3n) is 2.88. The van der Waals surface area contributed by atoms with Gasteiger partial charge in [-0.05, 0) is 24.1 Å². The molecule has 0 amide bonds. The minimum atomic E-state index is -3.19. The zero-order valence-electron chi connectivity index (χ0n) is 11.6. The summed E-state index contributed by atoms with van der Waals surface area (Å²) in [5.74, 6) is 0.0542. The molecule has 0 saturated carbocycles. The first-order valence-corrected chi connectivity index (χ1v) is 8.96. The molecule has 0 aromatic heterocycles. The van der Waals surface area contributed by atoms with Gasteiger partial charge in [-0.2, -0.15) is 0 Å². The van der Waals surface area contributed by atoms with Crippen molar-refractivity contribution >= 4 is 33.2 Å². The highest BCUT2D eigenvalue weighted by Crippen LogP contribution is 2.26. The van der Waals surface area contributed by atoms with Crippen LogP contribution >= 0.6 is 23.2 Å². The second kappa shape index (κ2) is 8.20. The fourth-order valence-corrected chi connectivity index (χ4v) is 3.16. The van der Waals surface area contributed by atoms with Gasteiger partial charge < -0.3 is 5.32 Å². The first-order valence-electron chi connectivity index (χ1n) is 6.55. The molecular formula is C13H20Cl2N2O2S. The van der Waals surface area contributed by atoms with E-state index in [0.29, 0.717) is 23.1 Å². The van der Waals surface area contributed by atoms with Crippen LogP contribution in [0.25, 0.3) is 0 Å². The SMILES string of the molecule is CCNS(=O)(=O)CCNC(CC)c1ccc(Cl)c(Cl)c1. The van der Waals surface area contributed by atoms with E-state index in [1.54, 1.807) is 13.0 Å². The van der Waals surface area contributed by atoms with Crippen LogP contribution in [0.4, 0.5) is 0 Å². The Labute approximate surface area is 130 Å². The van der Waals surface area contributed by atoms with Gasteiger partial charge in [0.25, 0.3) is 0 Å². The summed E-state index contributed by atoms with van der Waals surface area (Å²) < 4.78 is 25.6. The molecule has 0 aliphatic carbocycles. The molecule has 7 heteroatoms. The Kier molecular flexibility index (Phi) is 7.26. The van der Waals surface area contributed by atoms with E-state index in [2.05, 4.69) is 10.0 Å². The minimum Gasteiger partial charge on any atom is -0.309 e. The molecule has 1 rings (SSSR count). The molecule has 1 unspecified atom stereocenters. The number of halogens is 2. The largest absolute Gasteiger partial charge is 0.309 e. The number of hydrogen-bond acceptors (Lipinski definition) is 3. The van der Waals surface area contributed by atoms with Crippen molar-refractivity contribution < 1.29 is 8.42 Å². The maximum absolute atomic E-state index is 11.5. The normalized spacial score (nSPS) is 13.4. The summed E-state index contributed by atoms with van der Waals surface area (Å²) in [7, 11) is -3.19. The quantitative estimate of drug-likeness (QED) is 0.766. The lowest BCUT2D eigenvalue weighted by atomic mass is 10.0. The first kappa shape index (κ1) is 17.7. The van der Waals surface area contributed by atoms with E-state index < -0.39 is 10.0 Å². The lowest BCUT2D eigenvalue weighted by Crippen LogP contribution is -2.33. The molecule has 0 radical (unpaired) electrons. The molecule has 1 aromatic rings. The third kappa shape index (κ3) is 5.58. The van der Waals surface area contributed by atoms with Gasteiger partial charge in [-0.3, -0.25) is 0 Å². The van der Waals surface area contributed by atoms with E-state index >= 15 is 0 Å². The average Bonchev–Trinajstić information content (AvgIpc) is 2.38. The van der Waals surface area contributed by atoms with Crippen molar-refractivity contribution in [2.75, 3.05) is 18.8 Å². The molecule has 2 N–H and O–H groups in total. The second-order valence-electron chi connectivity index (χ2n) is 4.41. The van der Waals surface area contributed by atoms with E-state index in [-0.39, 0.29) is 11.8 Å². The van der Waals surface area contributed by atoms with Crippen LogP contribution in [0.3, 0.4) is 0 Å². The monoisotopic (exact) mass is 338 g/mol. The Morgan fingerprint density at radius 2 is 1.90 bits per heavy atom. The molecule has 1 aromatic carbocycles. The van der Waals surface area contributed by atoms with Crippen LogP contribution in [0.2, 0.25) is 10.0 Å². The van der Waals surface area contributed by atoms with Crippen LogP contribution < -0.4 is 10.0 Å². The van der Waals surface area contributed by atoms with E-state index in [0.717, 1.165) is 12.0 Å². The van der Waals surface area contributed by atoms with Gasteiger partial charge >= 0.3 is 0 Å². The number of benzene rings is 1. The molecule has 0 bridgehead atoms. The van der Waals surface area contributed by atoms with Gasteiger partial charge in [0.1, 0.15) is 0 Å². The summed E-state index contributed by atoms with van der Waals surface area (Å²) in [5, 5.41) is 4.24. The predicted molar refractivity (Wildman–Crippen MR) is 85.0 cm³/mol. The fourth-order valence-electron chi connectivity index (χ4n) is 1.89. The molecule has 0 spiro atoms. The van der Waals surface area contributed by atoms with Gasteiger partial charge in [0, 0.05) is 19.1 Å². The molecule has 0 aliphatic heterocycles. The maximum atomic E-state index is 11.5. The molecule has 0 saturated heterocycles. The van der Waals surface area contributed by atoms with Gasteiger partial charge in [0.15, 0.2) is 0 Å². The summed E-state index contributed by atoms with van der Waals surface area (Å²) in [6, 6.07) is 5.51. The van der Waals surface area contributed by atoms with E-state index in [1.165, 1.54) is 0 Å². The van der Waals surface area contributed by atoms with Crippen LogP contribution in [0, 0.1) is 0 Å². The highest BCUT2D eigenvalue weighted by molar-refractivity contribution is 7.89. The van der Waals surface area contributed by atoms with Crippen molar-refractivity contribution in [1.29, 1.82) is 0 Å². The van der Waals surface area contributed by atoms with Gasteiger partial charge in [0.2, 0.25) is 10.0 Å². The number of sulfonamides is 1. The molecule has 0 heterocycles. The fraction of sp³-hybridized carbons (Fsp3) is 0.538. The summed E-state index contributed by atoms with van der Waals surface area (Å²) in [5.41, 5.74) is 1.00. The van der Waals surface area contributed by atoms with E-state index in [9.17, 15) is 8.42 Å². The zero-order chi connectivity index (χ0) is 15.2. The van der Waals surface area contributed by atoms with Crippen LogP contribution in [-0.2, 0) is 10.0 Å². The predicted octanol–water partition coefficient (Wildman–Crippen LogP) is 2.97. The van der Waals surface area contributed by atoms with Crippen LogP contribution in [0.1, 0.15) is 31.9 Å². The number of hydrogen-bond donors (Lipinski definition) is 2. The van der Waals surface area contributed by atoms with Crippen molar-refractivity contribution in [3.8, 4) is 0 Å². The highest BCUT2D eigenvalue weighted by atomic mass is 35.5. The highest BCUT2D eigenvalue weighted by Gasteiger charge is 2.13. The Morgan fingerprint density at radius 1 is 1.20 bits per heavy atom. The van der Waals surface area contributed by atoms with Crippen molar-refractivity contribution in [1.82, 2.24) is 10.0 Å². The summed E-state index contributed by atoms with van der Waals surface area (Å²) in [6.07, 6.45) is 0.833. The van der Waals surface area contributed by atoms with Crippen LogP contribution in [0.15, 0.2) is 18.2 Å². The average molecular weight is 339 g/mol. The molecule has 4 nitrogen and oxygen atoms in total. The Bertz CT molecular complexity index is 535. The molecule has 20 heavy (non-hydrogen) atoms. The van der Waals surface area contributed by atoms with E-state index in [1.807, 2.05) is 19.1 Å². The standard InChI is InChI=1S/C13H20Cl2N2O2S/c1-3-13(10-5-6-11(14)12(15)9-10)16-7-8-20(18,19)17-4-2/h5-6,9,13,16-17H,3-4,7-8H2,1-2H3. The van der Waals surface area contributed by atoms with Gasteiger partial charge in [-0.15, -0.1) is 0 Å². The van der Waals surface area contributed by atoms with Crippen molar-refractivity contribution in [2.45, 2.75) is 26.3 Å². The summed E-state index contributed by atoms with van der Waals surface area (Å²) >= 11 is 11.9. The smallest absolute Gasteiger partial charge is 0.212 e. The van der Waals surface area contributed by atoms with E-state index in [4.69, 9.17) is 23.2 Å². The topological polar surface area (TPSA) is 58.2 Å². The second-order valence-corrected chi connectivity index (χ2v) is 7.15. The van der Waals surface area contributed by atoms with Crippen molar-refractivity contribution in [2.24, 2.45) is 0 Å². The lowest BCUT2D eigenvalue weighted by molar-refractivity contribution is 0.529. The van der Waals surface area contributed by atoms with Crippen LogP contribution in [-0.4, -0.2) is 27.3 Å². The minimum absolute atomic E-state index is 0.0542. The Morgan fingerprint density at radius 3 is 2.45 bits per heavy atom. The number of nitrogens with one attached hydrogen (secondary N) is 2. The molecular weight excluding hydrogens is 319 g/mol.